The molecule has 26 heavy (non-hydrogen) atoms. The van der Waals surface area contributed by atoms with E-state index in [2.05, 4.69) is 6.92 Å². The Bertz CT molecular complexity index is 754. The standard InChI is InChI=1S/C21H28O5/c1-5-8-14-10-11-15-16(12-14)17(22)13-19(25-7-3)20(15)26-21(23)18(24-4)9-6-2/h10-13,18,22H,5-9H2,1-4H3. The van der Waals surface area contributed by atoms with Crippen LogP contribution in [-0.4, -0.2) is 30.9 Å². The number of fused-ring (bicyclic) bond motifs is 1. The number of carbonyl (C=O) groups excluding carboxylic acids is 1. The van der Waals surface area contributed by atoms with Crippen LogP contribution in [0.25, 0.3) is 10.8 Å². The van der Waals surface area contributed by atoms with E-state index in [1.165, 1.54) is 13.2 Å². The van der Waals surface area contributed by atoms with Gasteiger partial charge in [0.2, 0.25) is 0 Å². The van der Waals surface area contributed by atoms with Crippen molar-refractivity contribution in [2.45, 2.75) is 52.6 Å². The molecule has 1 atom stereocenters. The Morgan fingerprint density at radius 1 is 1.12 bits per heavy atom. The van der Waals surface area contributed by atoms with Gasteiger partial charge in [0, 0.05) is 23.9 Å². The Balaban J connectivity index is 2.51. The molecule has 0 amide bonds. The molecule has 0 aliphatic carbocycles. The van der Waals surface area contributed by atoms with Gasteiger partial charge in [-0.1, -0.05) is 38.8 Å². The summed E-state index contributed by atoms with van der Waals surface area (Å²) in [5.74, 6) is 0.323. The highest BCUT2D eigenvalue weighted by atomic mass is 16.6. The molecule has 1 unspecified atom stereocenters. The van der Waals surface area contributed by atoms with Gasteiger partial charge in [-0.3, -0.25) is 0 Å². The highest BCUT2D eigenvalue weighted by Crippen LogP contribution is 2.42. The topological polar surface area (TPSA) is 65.0 Å². The van der Waals surface area contributed by atoms with Gasteiger partial charge >= 0.3 is 5.97 Å². The van der Waals surface area contributed by atoms with E-state index in [9.17, 15) is 9.90 Å². The van der Waals surface area contributed by atoms with Gasteiger partial charge in [-0.2, -0.15) is 0 Å². The minimum Gasteiger partial charge on any atom is -0.507 e. The van der Waals surface area contributed by atoms with Crippen molar-refractivity contribution in [3.63, 3.8) is 0 Å². The number of ether oxygens (including phenoxy) is 3. The number of phenolic OH excluding ortho intramolecular Hbond substituents is 1. The van der Waals surface area contributed by atoms with Crippen LogP contribution in [-0.2, 0) is 16.0 Å². The molecule has 0 aliphatic rings. The summed E-state index contributed by atoms with van der Waals surface area (Å²) in [7, 11) is 1.50. The molecule has 0 aromatic heterocycles. The maximum absolute atomic E-state index is 12.5. The molecule has 1 N–H and O–H groups in total. The summed E-state index contributed by atoms with van der Waals surface area (Å²) in [4.78, 5) is 12.5. The Morgan fingerprint density at radius 2 is 1.88 bits per heavy atom. The van der Waals surface area contributed by atoms with E-state index in [1.807, 2.05) is 32.0 Å². The Morgan fingerprint density at radius 3 is 2.50 bits per heavy atom. The lowest BCUT2D eigenvalue weighted by atomic mass is 10.0. The Labute approximate surface area is 154 Å². The van der Waals surface area contributed by atoms with Crippen LogP contribution in [0.15, 0.2) is 24.3 Å². The molecular weight excluding hydrogens is 332 g/mol. The first kappa shape index (κ1) is 20.0. The molecule has 0 saturated heterocycles. The maximum Gasteiger partial charge on any atom is 0.340 e. The molecule has 2 rings (SSSR count). The number of phenols is 1. The van der Waals surface area contributed by atoms with Crippen molar-refractivity contribution in [2.75, 3.05) is 13.7 Å². The average molecular weight is 360 g/mol. The number of hydrogen-bond acceptors (Lipinski definition) is 5. The summed E-state index contributed by atoms with van der Waals surface area (Å²) in [6.45, 7) is 6.32. The van der Waals surface area contributed by atoms with E-state index in [1.54, 1.807) is 0 Å². The molecule has 2 aromatic carbocycles. The normalized spacial score (nSPS) is 12.2. The van der Waals surface area contributed by atoms with Crippen molar-refractivity contribution >= 4 is 16.7 Å². The zero-order valence-electron chi connectivity index (χ0n) is 16.0. The van der Waals surface area contributed by atoms with Gasteiger partial charge in [-0.05, 0) is 31.4 Å². The summed E-state index contributed by atoms with van der Waals surface area (Å²) in [6, 6.07) is 7.29. The molecule has 0 aliphatic heterocycles. The summed E-state index contributed by atoms with van der Waals surface area (Å²) in [5.41, 5.74) is 1.12. The minimum absolute atomic E-state index is 0.109. The number of carbonyl (C=O) groups is 1. The number of aromatic hydroxyl groups is 1. The fourth-order valence-corrected chi connectivity index (χ4v) is 2.97. The van der Waals surface area contributed by atoms with Crippen LogP contribution < -0.4 is 9.47 Å². The third-order valence-corrected chi connectivity index (χ3v) is 4.24. The van der Waals surface area contributed by atoms with Crippen molar-refractivity contribution in [3.8, 4) is 17.2 Å². The van der Waals surface area contributed by atoms with Crippen molar-refractivity contribution in [3.05, 3.63) is 29.8 Å². The zero-order chi connectivity index (χ0) is 19.1. The molecule has 5 nitrogen and oxygen atoms in total. The number of benzene rings is 2. The van der Waals surface area contributed by atoms with Crippen LogP contribution in [0.1, 0.15) is 45.6 Å². The third-order valence-electron chi connectivity index (χ3n) is 4.24. The van der Waals surface area contributed by atoms with Crippen LogP contribution >= 0.6 is 0 Å². The first-order valence-corrected chi connectivity index (χ1v) is 9.21. The summed E-state index contributed by atoms with van der Waals surface area (Å²) >= 11 is 0. The first-order valence-electron chi connectivity index (χ1n) is 9.21. The van der Waals surface area contributed by atoms with E-state index >= 15 is 0 Å². The highest BCUT2D eigenvalue weighted by molar-refractivity contribution is 5.97. The second-order valence-corrected chi connectivity index (χ2v) is 6.22. The molecule has 0 bridgehead atoms. The lowest BCUT2D eigenvalue weighted by Crippen LogP contribution is -2.27. The smallest absolute Gasteiger partial charge is 0.340 e. The van der Waals surface area contributed by atoms with E-state index in [4.69, 9.17) is 14.2 Å². The van der Waals surface area contributed by atoms with E-state index < -0.39 is 12.1 Å². The minimum atomic E-state index is -0.627. The summed E-state index contributed by atoms with van der Waals surface area (Å²) < 4.78 is 16.5. The number of rotatable bonds is 9. The predicted octanol–water partition coefficient (Wildman–Crippen LogP) is 4.62. The van der Waals surface area contributed by atoms with E-state index in [0.717, 1.165) is 24.8 Å². The molecule has 5 heteroatoms. The quantitative estimate of drug-likeness (QED) is 0.522. The molecule has 2 aromatic rings. The van der Waals surface area contributed by atoms with Gasteiger partial charge in [-0.15, -0.1) is 0 Å². The Hall–Kier alpha value is -2.27. The molecule has 0 spiro atoms. The van der Waals surface area contributed by atoms with Crippen molar-refractivity contribution in [2.24, 2.45) is 0 Å². The van der Waals surface area contributed by atoms with Gasteiger partial charge in [0.25, 0.3) is 0 Å². The Kier molecular flexibility index (Phi) is 7.27. The average Bonchev–Trinajstić information content (AvgIpc) is 2.63. The fourth-order valence-electron chi connectivity index (χ4n) is 2.97. The maximum atomic E-state index is 12.5. The fraction of sp³-hybridized carbons (Fsp3) is 0.476. The molecule has 142 valence electrons. The second-order valence-electron chi connectivity index (χ2n) is 6.22. The molecule has 0 radical (unpaired) electrons. The van der Waals surface area contributed by atoms with Crippen molar-refractivity contribution < 1.29 is 24.1 Å². The summed E-state index contributed by atoms with van der Waals surface area (Å²) in [6.07, 6.45) is 2.69. The zero-order valence-corrected chi connectivity index (χ0v) is 16.0. The van der Waals surface area contributed by atoms with Crippen molar-refractivity contribution in [1.29, 1.82) is 0 Å². The number of esters is 1. The third kappa shape index (κ3) is 4.47. The van der Waals surface area contributed by atoms with Crippen LogP contribution in [0.3, 0.4) is 0 Å². The van der Waals surface area contributed by atoms with Gasteiger partial charge < -0.3 is 19.3 Å². The van der Waals surface area contributed by atoms with Gasteiger partial charge in [-0.25, -0.2) is 4.79 Å². The van der Waals surface area contributed by atoms with Crippen molar-refractivity contribution in [1.82, 2.24) is 0 Å². The predicted molar refractivity (Wildman–Crippen MR) is 102 cm³/mol. The molecule has 0 saturated carbocycles. The highest BCUT2D eigenvalue weighted by Gasteiger charge is 2.23. The van der Waals surface area contributed by atoms with Gasteiger partial charge in [0.1, 0.15) is 5.75 Å². The number of methoxy groups -OCH3 is 1. The molecular formula is C21H28O5. The monoisotopic (exact) mass is 360 g/mol. The van der Waals surface area contributed by atoms with Gasteiger partial charge in [0.15, 0.2) is 17.6 Å². The lowest BCUT2D eigenvalue weighted by Gasteiger charge is -2.18. The van der Waals surface area contributed by atoms with Crippen LogP contribution in [0.4, 0.5) is 0 Å². The van der Waals surface area contributed by atoms with Crippen LogP contribution in [0.5, 0.6) is 17.2 Å². The largest absolute Gasteiger partial charge is 0.507 e. The second kappa shape index (κ2) is 9.43. The summed E-state index contributed by atoms with van der Waals surface area (Å²) in [5, 5.41) is 11.7. The van der Waals surface area contributed by atoms with E-state index in [-0.39, 0.29) is 5.75 Å². The van der Waals surface area contributed by atoms with E-state index in [0.29, 0.717) is 35.3 Å². The van der Waals surface area contributed by atoms with Gasteiger partial charge in [0.05, 0.1) is 6.61 Å². The van der Waals surface area contributed by atoms with Crippen LogP contribution in [0, 0.1) is 0 Å². The lowest BCUT2D eigenvalue weighted by molar-refractivity contribution is -0.146. The first-order chi connectivity index (χ1) is 12.5. The SMILES string of the molecule is CCCc1ccc2c(OC(=O)C(CCC)OC)c(OCC)cc(O)c2c1. The number of aryl methyl sites for hydroxylation is 1. The van der Waals surface area contributed by atoms with Crippen LogP contribution in [0.2, 0.25) is 0 Å². The molecule has 0 fully saturated rings. The number of hydrogen-bond donors (Lipinski definition) is 1. The molecule has 0 heterocycles.